The summed E-state index contributed by atoms with van der Waals surface area (Å²) in [5.41, 5.74) is 2.39. The van der Waals surface area contributed by atoms with Gasteiger partial charge in [-0.05, 0) is 37.6 Å². The van der Waals surface area contributed by atoms with Crippen LogP contribution in [0.4, 0.5) is 5.69 Å². The third kappa shape index (κ3) is 2.64. The first-order valence-electron chi connectivity index (χ1n) is 5.49. The number of rotatable bonds is 1. The third-order valence-corrected chi connectivity index (χ3v) is 3.27. The minimum absolute atomic E-state index is 0.865. The van der Waals surface area contributed by atoms with Crippen molar-refractivity contribution in [3.05, 3.63) is 28.8 Å². The van der Waals surface area contributed by atoms with Gasteiger partial charge >= 0.3 is 0 Å². The van der Waals surface area contributed by atoms with Gasteiger partial charge < -0.3 is 10.2 Å². The molecule has 0 aromatic heterocycles. The Morgan fingerprint density at radius 2 is 2.13 bits per heavy atom. The van der Waals surface area contributed by atoms with E-state index in [0.29, 0.717) is 0 Å². The van der Waals surface area contributed by atoms with Gasteiger partial charge in [-0.15, -0.1) is 0 Å². The van der Waals surface area contributed by atoms with Gasteiger partial charge in [0.25, 0.3) is 0 Å². The van der Waals surface area contributed by atoms with Crippen LogP contribution >= 0.6 is 11.6 Å². The Labute approximate surface area is 96.2 Å². The van der Waals surface area contributed by atoms with E-state index in [1.807, 2.05) is 6.92 Å². The van der Waals surface area contributed by atoms with Crippen molar-refractivity contribution < 1.29 is 0 Å². The SMILES string of the molecule is Cc1ccc(N2CCCNCC2)cc1Cl. The molecule has 82 valence electrons. The van der Waals surface area contributed by atoms with Crippen LogP contribution in [0.5, 0.6) is 0 Å². The molecule has 0 saturated carbocycles. The highest BCUT2D eigenvalue weighted by Crippen LogP contribution is 2.23. The molecule has 0 amide bonds. The molecule has 0 unspecified atom stereocenters. The largest absolute Gasteiger partial charge is 0.370 e. The van der Waals surface area contributed by atoms with E-state index in [1.54, 1.807) is 0 Å². The number of nitrogens with zero attached hydrogens (tertiary/aromatic N) is 1. The molecule has 1 aromatic rings. The Hall–Kier alpha value is -0.730. The van der Waals surface area contributed by atoms with Crippen molar-refractivity contribution in [2.75, 3.05) is 31.1 Å². The molecular formula is C12H17ClN2. The summed E-state index contributed by atoms with van der Waals surface area (Å²) in [7, 11) is 0. The molecule has 0 aliphatic carbocycles. The molecular weight excluding hydrogens is 208 g/mol. The molecule has 2 rings (SSSR count). The van der Waals surface area contributed by atoms with Gasteiger partial charge in [0.1, 0.15) is 0 Å². The van der Waals surface area contributed by atoms with E-state index in [0.717, 1.165) is 36.8 Å². The van der Waals surface area contributed by atoms with E-state index in [4.69, 9.17) is 11.6 Å². The van der Waals surface area contributed by atoms with E-state index >= 15 is 0 Å². The molecule has 0 atom stereocenters. The van der Waals surface area contributed by atoms with Crippen molar-refractivity contribution in [2.45, 2.75) is 13.3 Å². The molecule has 1 N–H and O–H groups in total. The minimum atomic E-state index is 0.865. The summed E-state index contributed by atoms with van der Waals surface area (Å²) < 4.78 is 0. The van der Waals surface area contributed by atoms with E-state index in [2.05, 4.69) is 28.4 Å². The van der Waals surface area contributed by atoms with Gasteiger partial charge in [-0.3, -0.25) is 0 Å². The van der Waals surface area contributed by atoms with E-state index in [9.17, 15) is 0 Å². The fourth-order valence-corrected chi connectivity index (χ4v) is 2.06. The van der Waals surface area contributed by atoms with Crippen LogP contribution in [0.2, 0.25) is 5.02 Å². The highest BCUT2D eigenvalue weighted by Gasteiger charge is 2.09. The Bertz CT molecular complexity index is 330. The molecule has 1 aromatic carbocycles. The molecule has 0 bridgehead atoms. The lowest BCUT2D eigenvalue weighted by Crippen LogP contribution is -2.27. The lowest BCUT2D eigenvalue weighted by molar-refractivity contribution is 0.724. The van der Waals surface area contributed by atoms with Crippen molar-refractivity contribution in [1.29, 1.82) is 0 Å². The van der Waals surface area contributed by atoms with Crippen LogP contribution in [0, 0.1) is 6.92 Å². The maximum absolute atomic E-state index is 6.13. The molecule has 1 aliphatic rings. The number of nitrogens with one attached hydrogen (secondary N) is 1. The van der Waals surface area contributed by atoms with Crippen LogP contribution < -0.4 is 10.2 Å². The summed E-state index contributed by atoms with van der Waals surface area (Å²) >= 11 is 6.13. The Morgan fingerprint density at radius 3 is 2.93 bits per heavy atom. The van der Waals surface area contributed by atoms with Gasteiger partial charge in [0.15, 0.2) is 0 Å². The first-order chi connectivity index (χ1) is 7.27. The Kier molecular flexibility index (Phi) is 3.49. The number of hydrogen-bond acceptors (Lipinski definition) is 2. The molecule has 1 heterocycles. The van der Waals surface area contributed by atoms with Crippen LogP contribution in [0.3, 0.4) is 0 Å². The van der Waals surface area contributed by atoms with Crippen LogP contribution in [0.25, 0.3) is 0 Å². The average Bonchev–Trinajstić information content (AvgIpc) is 2.50. The quantitative estimate of drug-likeness (QED) is 0.789. The van der Waals surface area contributed by atoms with Gasteiger partial charge in [-0.2, -0.15) is 0 Å². The van der Waals surface area contributed by atoms with Crippen LogP contribution in [-0.2, 0) is 0 Å². The summed E-state index contributed by atoms with van der Waals surface area (Å²) in [5, 5.41) is 4.26. The predicted octanol–water partition coefficient (Wildman–Crippen LogP) is 2.45. The maximum Gasteiger partial charge on any atom is 0.0455 e. The number of aryl methyl sites for hydroxylation is 1. The standard InChI is InChI=1S/C12H17ClN2/c1-10-3-4-11(9-12(10)13)15-7-2-5-14-6-8-15/h3-4,9,14H,2,5-8H2,1H3. The summed E-state index contributed by atoms with van der Waals surface area (Å²) in [6, 6.07) is 6.32. The molecule has 0 spiro atoms. The van der Waals surface area contributed by atoms with Crippen molar-refractivity contribution >= 4 is 17.3 Å². The first-order valence-corrected chi connectivity index (χ1v) is 5.87. The summed E-state index contributed by atoms with van der Waals surface area (Å²) in [6.07, 6.45) is 1.20. The number of benzene rings is 1. The lowest BCUT2D eigenvalue weighted by Gasteiger charge is -2.22. The van der Waals surface area contributed by atoms with Gasteiger partial charge in [-0.1, -0.05) is 17.7 Å². The second kappa shape index (κ2) is 4.86. The Morgan fingerprint density at radius 1 is 1.27 bits per heavy atom. The number of hydrogen-bond donors (Lipinski definition) is 1. The van der Waals surface area contributed by atoms with E-state index in [1.165, 1.54) is 12.1 Å². The lowest BCUT2D eigenvalue weighted by atomic mass is 10.2. The van der Waals surface area contributed by atoms with Crippen LogP contribution in [0.15, 0.2) is 18.2 Å². The van der Waals surface area contributed by atoms with Gasteiger partial charge in [0, 0.05) is 30.3 Å². The monoisotopic (exact) mass is 224 g/mol. The van der Waals surface area contributed by atoms with Crippen molar-refractivity contribution in [3.8, 4) is 0 Å². The van der Waals surface area contributed by atoms with Gasteiger partial charge in [0.05, 0.1) is 0 Å². The van der Waals surface area contributed by atoms with Crippen molar-refractivity contribution in [1.82, 2.24) is 5.32 Å². The zero-order valence-corrected chi connectivity index (χ0v) is 9.85. The topological polar surface area (TPSA) is 15.3 Å². The smallest absolute Gasteiger partial charge is 0.0455 e. The number of halogens is 1. The molecule has 3 heteroatoms. The second-order valence-electron chi connectivity index (χ2n) is 4.02. The van der Waals surface area contributed by atoms with E-state index in [-0.39, 0.29) is 0 Å². The predicted molar refractivity (Wildman–Crippen MR) is 65.9 cm³/mol. The summed E-state index contributed by atoms with van der Waals surface area (Å²) in [4.78, 5) is 2.39. The zero-order chi connectivity index (χ0) is 10.7. The van der Waals surface area contributed by atoms with Gasteiger partial charge in [0.2, 0.25) is 0 Å². The summed E-state index contributed by atoms with van der Waals surface area (Å²) in [5.74, 6) is 0. The van der Waals surface area contributed by atoms with Gasteiger partial charge in [-0.25, -0.2) is 0 Å². The molecule has 15 heavy (non-hydrogen) atoms. The molecule has 0 radical (unpaired) electrons. The highest BCUT2D eigenvalue weighted by molar-refractivity contribution is 6.31. The summed E-state index contributed by atoms with van der Waals surface area (Å²) in [6.45, 7) is 6.41. The minimum Gasteiger partial charge on any atom is -0.370 e. The van der Waals surface area contributed by atoms with Crippen LogP contribution in [0.1, 0.15) is 12.0 Å². The average molecular weight is 225 g/mol. The fraction of sp³-hybridized carbons (Fsp3) is 0.500. The fourth-order valence-electron chi connectivity index (χ4n) is 1.88. The molecule has 1 saturated heterocycles. The molecule has 2 nitrogen and oxygen atoms in total. The Balaban J connectivity index is 2.16. The third-order valence-electron chi connectivity index (χ3n) is 2.86. The normalized spacial score (nSPS) is 17.6. The first kappa shape index (κ1) is 10.8. The highest BCUT2D eigenvalue weighted by atomic mass is 35.5. The van der Waals surface area contributed by atoms with E-state index < -0.39 is 0 Å². The number of anilines is 1. The molecule has 1 aliphatic heterocycles. The van der Waals surface area contributed by atoms with Crippen molar-refractivity contribution in [3.63, 3.8) is 0 Å². The molecule has 1 fully saturated rings. The zero-order valence-electron chi connectivity index (χ0n) is 9.09. The maximum atomic E-state index is 6.13. The second-order valence-corrected chi connectivity index (χ2v) is 4.43. The van der Waals surface area contributed by atoms with Crippen LogP contribution in [-0.4, -0.2) is 26.2 Å². The van der Waals surface area contributed by atoms with Crippen molar-refractivity contribution in [2.24, 2.45) is 0 Å².